The van der Waals surface area contributed by atoms with Gasteiger partial charge in [0.1, 0.15) is 24.5 Å². The van der Waals surface area contributed by atoms with Gasteiger partial charge < -0.3 is 4.74 Å². The van der Waals surface area contributed by atoms with Gasteiger partial charge in [0.15, 0.2) is 0 Å². The molecule has 3 aromatic rings. The van der Waals surface area contributed by atoms with Gasteiger partial charge in [-0.2, -0.15) is 10.1 Å². The van der Waals surface area contributed by atoms with Gasteiger partial charge in [0.2, 0.25) is 5.95 Å². The van der Waals surface area contributed by atoms with Crippen LogP contribution in [0.25, 0.3) is 0 Å². The predicted molar refractivity (Wildman–Crippen MR) is 80.8 cm³/mol. The molecule has 1 aromatic heterocycles. The first-order valence-corrected chi connectivity index (χ1v) is 6.67. The Balaban J connectivity index is 1.68. The molecule has 6 heteroatoms. The van der Waals surface area contributed by atoms with Gasteiger partial charge in [0, 0.05) is 11.8 Å². The highest BCUT2D eigenvalue weighted by Gasteiger charge is 2.02. The number of ether oxygens (including phenoxy) is 1. The van der Waals surface area contributed by atoms with Gasteiger partial charge in [-0.3, -0.25) is 0 Å². The van der Waals surface area contributed by atoms with Crippen molar-refractivity contribution in [2.75, 3.05) is 0 Å². The first-order chi connectivity index (χ1) is 10.8. The molecule has 0 radical (unpaired) electrons. The van der Waals surface area contributed by atoms with Crippen LogP contribution in [0.5, 0.6) is 5.75 Å². The van der Waals surface area contributed by atoms with Crippen LogP contribution in [-0.4, -0.2) is 21.4 Å². The Bertz CT molecular complexity index is 771. The average Bonchev–Trinajstić information content (AvgIpc) is 3.06. The summed E-state index contributed by atoms with van der Waals surface area (Å²) in [6, 6.07) is 13.9. The highest BCUT2D eigenvalue weighted by Crippen LogP contribution is 2.16. The Labute approximate surface area is 126 Å². The SMILES string of the molecule is Fc1ccccc1COc1cccc(/C=N/c2ncn[nH]2)c1. The van der Waals surface area contributed by atoms with Crippen molar-refractivity contribution in [1.29, 1.82) is 0 Å². The number of halogens is 1. The molecule has 0 aliphatic heterocycles. The zero-order valence-corrected chi connectivity index (χ0v) is 11.6. The fraction of sp³-hybridized carbons (Fsp3) is 0.0625. The number of hydrogen-bond acceptors (Lipinski definition) is 4. The van der Waals surface area contributed by atoms with Crippen LogP contribution in [0, 0.1) is 5.82 Å². The molecule has 0 fully saturated rings. The molecule has 0 bridgehead atoms. The van der Waals surface area contributed by atoms with Crippen LogP contribution in [0.2, 0.25) is 0 Å². The molecule has 0 aliphatic rings. The summed E-state index contributed by atoms with van der Waals surface area (Å²) < 4.78 is 19.1. The number of H-pyrrole nitrogens is 1. The zero-order chi connectivity index (χ0) is 15.2. The number of rotatable bonds is 5. The lowest BCUT2D eigenvalue weighted by Crippen LogP contribution is -1.98. The summed E-state index contributed by atoms with van der Waals surface area (Å²) >= 11 is 0. The lowest BCUT2D eigenvalue weighted by molar-refractivity contribution is 0.300. The second-order valence-electron chi connectivity index (χ2n) is 4.52. The van der Waals surface area contributed by atoms with E-state index in [1.807, 2.05) is 24.3 Å². The lowest BCUT2D eigenvalue weighted by atomic mass is 10.2. The summed E-state index contributed by atoms with van der Waals surface area (Å²) in [5.74, 6) is 0.799. The molecular formula is C16H13FN4O. The van der Waals surface area contributed by atoms with Crippen molar-refractivity contribution < 1.29 is 9.13 Å². The lowest BCUT2D eigenvalue weighted by Gasteiger charge is -2.07. The van der Waals surface area contributed by atoms with Crippen molar-refractivity contribution in [3.8, 4) is 5.75 Å². The number of aromatic amines is 1. The van der Waals surface area contributed by atoms with E-state index in [0.29, 0.717) is 17.3 Å². The molecule has 0 saturated carbocycles. The maximum absolute atomic E-state index is 13.5. The number of benzene rings is 2. The molecule has 1 N–H and O–H groups in total. The number of aromatic nitrogens is 3. The molecule has 1 heterocycles. The van der Waals surface area contributed by atoms with Crippen molar-refractivity contribution in [3.63, 3.8) is 0 Å². The molecule has 22 heavy (non-hydrogen) atoms. The highest BCUT2D eigenvalue weighted by atomic mass is 19.1. The minimum Gasteiger partial charge on any atom is -0.489 e. The van der Waals surface area contributed by atoms with E-state index in [1.54, 1.807) is 24.4 Å². The molecule has 0 unspecified atom stereocenters. The summed E-state index contributed by atoms with van der Waals surface area (Å²) in [6.07, 6.45) is 3.04. The van der Waals surface area contributed by atoms with Crippen LogP contribution >= 0.6 is 0 Å². The summed E-state index contributed by atoms with van der Waals surface area (Å²) in [5.41, 5.74) is 1.37. The second-order valence-corrected chi connectivity index (χ2v) is 4.52. The Morgan fingerprint density at radius 3 is 2.91 bits per heavy atom. The molecule has 3 rings (SSSR count). The normalized spacial score (nSPS) is 11.0. The van der Waals surface area contributed by atoms with E-state index in [2.05, 4.69) is 20.2 Å². The van der Waals surface area contributed by atoms with Gasteiger partial charge in [-0.1, -0.05) is 30.3 Å². The van der Waals surface area contributed by atoms with E-state index in [9.17, 15) is 4.39 Å². The number of nitrogens with zero attached hydrogens (tertiary/aromatic N) is 3. The molecular weight excluding hydrogens is 283 g/mol. The molecule has 0 saturated heterocycles. The quantitative estimate of drug-likeness (QED) is 0.735. The van der Waals surface area contributed by atoms with Crippen molar-refractivity contribution in [2.45, 2.75) is 6.61 Å². The van der Waals surface area contributed by atoms with Gasteiger partial charge in [0.05, 0.1) is 0 Å². The fourth-order valence-electron chi connectivity index (χ4n) is 1.86. The van der Waals surface area contributed by atoms with Crippen LogP contribution in [0.1, 0.15) is 11.1 Å². The molecule has 0 atom stereocenters. The van der Waals surface area contributed by atoms with Crippen molar-refractivity contribution in [3.05, 3.63) is 71.8 Å². The predicted octanol–water partition coefficient (Wildman–Crippen LogP) is 3.27. The first-order valence-electron chi connectivity index (χ1n) is 6.67. The van der Waals surface area contributed by atoms with Gasteiger partial charge in [-0.05, 0) is 23.8 Å². The molecule has 0 aliphatic carbocycles. The van der Waals surface area contributed by atoms with E-state index in [4.69, 9.17) is 4.74 Å². The number of nitrogens with one attached hydrogen (secondary N) is 1. The Morgan fingerprint density at radius 2 is 2.09 bits per heavy atom. The Morgan fingerprint density at radius 1 is 1.18 bits per heavy atom. The highest BCUT2D eigenvalue weighted by molar-refractivity contribution is 5.81. The average molecular weight is 296 g/mol. The summed E-state index contributed by atoms with van der Waals surface area (Å²) in [4.78, 5) is 8.04. The van der Waals surface area contributed by atoms with Crippen molar-refractivity contribution >= 4 is 12.2 Å². The van der Waals surface area contributed by atoms with E-state index >= 15 is 0 Å². The minimum atomic E-state index is -0.273. The maximum atomic E-state index is 13.5. The topological polar surface area (TPSA) is 63.2 Å². The van der Waals surface area contributed by atoms with Crippen LogP contribution in [0.15, 0.2) is 59.9 Å². The largest absolute Gasteiger partial charge is 0.489 e. The van der Waals surface area contributed by atoms with Gasteiger partial charge in [-0.15, -0.1) is 0 Å². The number of aliphatic imine (C=N–C) groups is 1. The Kier molecular flexibility index (Phi) is 4.20. The third-order valence-electron chi connectivity index (χ3n) is 2.95. The third-order valence-corrected chi connectivity index (χ3v) is 2.95. The third kappa shape index (κ3) is 3.54. The van der Waals surface area contributed by atoms with Crippen molar-refractivity contribution in [2.24, 2.45) is 4.99 Å². The smallest absolute Gasteiger partial charge is 0.245 e. The van der Waals surface area contributed by atoms with E-state index < -0.39 is 0 Å². The zero-order valence-electron chi connectivity index (χ0n) is 11.6. The van der Waals surface area contributed by atoms with Gasteiger partial charge in [-0.25, -0.2) is 14.5 Å². The summed E-state index contributed by atoms with van der Waals surface area (Å²) in [7, 11) is 0. The maximum Gasteiger partial charge on any atom is 0.245 e. The minimum absolute atomic E-state index is 0.176. The first kappa shape index (κ1) is 13.9. The van der Waals surface area contributed by atoms with Gasteiger partial charge in [0.25, 0.3) is 0 Å². The van der Waals surface area contributed by atoms with E-state index in [1.165, 1.54) is 12.4 Å². The monoisotopic (exact) mass is 296 g/mol. The summed E-state index contributed by atoms with van der Waals surface area (Å²) in [6.45, 7) is 0.176. The molecule has 0 amide bonds. The van der Waals surface area contributed by atoms with Gasteiger partial charge >= 0.3 is 0 Å². The molecule has 110 valence electrons. The van der Waals surface area contributed by atoms with E-state index in [-0.39, 0.29) is 12.4 Å². The Hall–Kier alpha value is -3.02. The van der Waals surface area contributed by atoms with Crippen LogP contribution in [-0.2, 0) is 6.61 Å². The van der Waals surface area contributed by atoms with Crippen LogP contribution in [0.3, 0.4) is 0 Å². The van der Waals surface area contributed by atoms with Crippen molar-refractivity contribution in [1.82, 2.24) is 15.2 Å². The molecule has 0 spiro atoms. The number of hydrogen-bond donors (Lipinski definition) is 1. The molecule has 5 nitrogen and oxygen atoms in total. The standard InChI is InChI=1S/C16H13FN4O/c17-15-7-2-1-5-13(15)10-22-14-6-3-4-12(8-14)9-18-16-19-11-20-21-16/h1-9,11H,10H2,(H,19,20,21)/b18-9+. The van der Waals surface area contributed by atoms with E-state index in [0.717, 1.165) is 5.56 Å². The van der Waals surface area contributed by atoms with Crippen LogP contribution < -0.4 is 4.74 Å². The molecule has 2 aromatic carbocycles. The summed E-state index contributed by atoms with van der Waals surface area (Å²) in [5, 5.41) is 6.36. The second kappa shape index (κ2) is 6.62. The fourth-order valence-corrected chi connectivity index (χ4v) is 1.86. The van der Waals surface area contributed by atoms with Crippen LogP contribution in [0.4, 0.5) is 10.3 Å².